The van der Waals surface area contributed by atoms with Crippen molar-refractivity contribution < 1.29 is 9.66 Å². The van der Waals surface area contributed by atoms with Crippen LogP contribution in [0.1, 0.15) is 0 Å². The van der Waals surface area contributed by atoms with Gasteiger partial charge in [-0.2, -0.15) is 0 Å². The second kappa shape index (κ2) is 6.06. The van der Waals surface area contributed by atoms with Gasteiger partial charge in [-0.3, -0.25) is 10.1 Å². The Hall–Kier alpha value is -0.860. The van der Waals surface area contributed by atoms with E-state index >= 15 is 0 Å². The average molecular weight is 454 g/mol. The predicted molar refractivity (Wildman–Crippen MR) is 85.0 cm³/mol. The van der Waals surface area contributed by atoms with E-state index in [0.717, 1.165) is 4.47 Å². The van der Waals surface area contributed by atoms with Gasteiger partial charge in [0.25, 0.3) is 5.69 Å². The van der Waals surface area contributed by atoms with Gasteiger partial charge < -0.3 is 4.74 Å². The van der Waals surface area contributed by atoms with Gasteiger partial charge in [0.2, 0.25) is 0 Å². The van der Waals surface area contributed by atoms with E-state index < -0.39 is 4.92 Å². The molecule has 0 radical (unpaired) electrons. The van der Waals surface area contributed by atoms with E-state index in [1.54, 1.807) is 24.3 Å². The molecule has 4 nitrogen and oxygen atoms in total. The van der Waals surface area contributed by atoms with Crippen LogP contribution in [0.4, 0.5) is 5.69 Å². The number of ether oxygens (including phenoxy) is 1. The summed E-state index contributed by atoms with van der Waals surface area (Å²) in [6, 6.07) is 9.64. The molecular formula is C12H6BrClINO3. The molecule has 0 aliphatic carbocycles. The van der Waals surface area contributed by atoms with Crippen molar-refractivity contribution in [1.82, 2.24) is 0 Å². The van der Waals surface area contributed by atoms with Crippen molar-refractivity contribution in [3.8, 4) is 11.5 Å². The number of nitro groups is 1. The highest BCUT2D eigenvalue weighted by atomic mass is 127. The lowest BCUT2D eigenvalue weighted by Crippen LogP contribution is -1.92. The van der Waals surface area contributed by atoms with E-state index in [1.165, 1.54) is 12.1 Å². The Kier molecular flexibility index (Phi) is 4.64. The van der Waals surface area contributed by atoms with Gasteiger partial charge in [-0.25, -0.2) is 0 Å². The van der Waals surface area contributed by atoms with Crippen LogP contribution in [0.2, 0.25) is 5.02 Å². The highest BCUT2D eigenvalue weighted by molar-refractivity contribution is 14.1. The number of nitro benzene ring substituents is 1. The molecule has 0 unspecified atom stereocenters. The van der Waals surface area contributed by atoms with Gasteiger partial charge in [0, 0.05) is 16.6 Å². The second-order valence-electron chi connectivity index (χ2n) is 3.55. The Labute approximate surface area is 136 Å². The first kappa shape index (κ1) is 14.5. The van der Waals surface area contributed by atoms with E-state index in [-0.39, 0.29) is 5.69 Å². The van der Waals surface area contributed by atoms with Crippen molar-refractivity contribution in [2.75, 3.05) is 0 Å². The number of nitrogens with zero attached hydrogens (tertiary/aromatic N) is 1. The maximum absolute atomic E-state index is 10.7. The van der Waals surface area contributed by atoms with Crippen molar-refractivity contribution in [1.29, 1.82) is 0 Å². The van der Waals surface area contributed by atoms with Crippen LogP contribution < -0.4 is 4.74 Å². The molecule has 0 spiro atoms. The van der Waals surface area contributed by atoms with E-state index in [0.29, 0.717) is 20.1 Å². The number of non-ortho nitro benzene ring substituents is 1. The molecule has 2 aromatic rings. The largest absolute Gasteiger partial charge is 0.455 e. The molecule has 0 N–H and O–H groups in total. The molecule has 19 heavy (non-hydrogen) atoms. The standard InChI is InChI=1S/C12H6BrClINO3/c13-7-1-3-9(14)12(5-7)19-11-4-2-8(16(17)18)6-10(11)15/h1-6H. The summed E-state index contributed by atoms with van der Waals surface area (Å²) < 4.78 is 7.14. The maximum Gasteiger partial charge on any atom is 0.270 e. The summed E-state index contributed by atoms with van der Waals surface area (Å²) in [4.78, 5) is 10.2. The van der Waals surface area contributed by atoms with Crippen LogP contribution in [0.5, 0.6) is 11.5 Å². The fourth-order valence-corrected chi connectivity index (χ4v) is 2.47. The first-order chi connectivity index (χ1) is 8.97. The van der Waals surface area contributed by atoms with Crippen molar-refractivity contribution >= 4 is 55.8 Å². The van der Waals surface area contributed by atoms with Gasteiger partial charge in [-0.1, -0.05) is 27.5 Å². The van der Waals surface area contributed by atoms with E-state index in [1.807, 2.05) is 22.6 Å². The minimum absolute atomic E-state index is 0.0251. The molecule has 0 bridgehead atoms. The van der Waals surface area contributed by atoms with E-state index in [9.17, 15) is 10.1 Å². The van der Waals surface area contributed by atoms with E-state index in [2.05, 4.69) is 15.9 Å². The molecule has 0 saturated heterocycles. The van der Waals surface area contributed by atoms with Crippen molar-refractivity contribution in [3.05, 3.63) is 59.6 Å². The summed E-state index contributed by atoms with van der Waals surface area (Å²) in [6.07, 6.45) is 0. The quantitative estimate of drug-likeness (QED) is 0.354. The summed E-state index contributed by atoms with van der Waals surface area (Å²) in [5.74, 6) is 1.01. The van der Waals surface area contributed by atoms with E-state index in [4.69, 9.17) is 16.3 Å². The normalized spacial score (nSPS) is 10.3. The van der Waals surface area contributed by atoms with Gasteiger partial charge in [0.05, 0.1) is 13.5 Å². The second-order valence-corrected chi connectivity index (χ2v) is 6.03. The fourth-order valence-electron chi connectivity index (χ4n) is 1.36. The lowest BCUT2D eigenvalue weighted by Gasteiger charge is -2.09. The smallest absolute Gasteiger partial charge is 0.270 e. The van der Waals surface area contributed by atoms with Crippen LogP contribution in [0.25, 0.3) is 0 Å². The summed E-state index contributed by atoms with van der Waals surface area (Å²) in [5.41, 5.74) is 0.0251. The number of hydrogen-bond donors (Lipinski definition) is 0. The van der Waals surface area contributed by atoms with Gasteiger partial charge in [-0.15, -0.1) is 0 Å². The van der Waals surface area contributed by atoms with Gasteiger partial charge in [0.1, 0.15) is 11.5 Å². The summed E-state index contributed by atoms with van der Waals surface area (Å²) in [6.45, 7) is 0. The van der Waals surface area contributed by atoms with Crippen LogP contribution in [-0.2, 0) is 0 Å². The third-order valence-electron chi connectivity index (χ3n) is 2.24. The molecule has 0 aliphatic rings. The Morgan fingerprint density at radius 3 is 2.58 bits per heavy atom. The topological polar surface area (TPSA) is 52.4 Å². The molecular weight excluding hydrogens is 448 g/mol. The lowest BCUT2D eigenvalue weighted by molar-refractivity contribution is -0.385. The zero-order valence-corrected chi connectivity index (χ0v) is 13.8. The average Bonchev–Trinajstić information content (AvgIpc) is 2.36. The van der Waals surface area contributed by atoms with Gasteiger partial charge >= 0.3 is 0 Å². The number of benzene rings is 2. The van der Waals surface area contributed by atoms with Crippen molar-refractivity contribution in [2.24, 2.45) is 0 Å². The third-order valence-corrected chi connectivity index (χ3v) is 3.89. The Morgan fingerprint density at radius 1 is 1.21 bits per heavy atom. The number of rotatable bonds is 3. The molecule has 2 aromatic carbocycles. The molecule has 0 fully saturated rings. The van der Waals surface area contributed by atoms with Crippen LogP contribution in [0.15, 0.2) is 40.9 Å². The Morgan fingerprint density at radius 2 is 1.95 bits per heavy atom. The first-order valence-corrected chi connectivity index (χ1v) is 7.29. The fraction of sp³-hybridized carbons (Fsp3) is 0. The molecule has 0 amide bonds. The molecule has 0 heterocycles. The van der Waals surface area contributed by atoms with Crippen LogP contribution in [0.3, 0.4) is 0 Å². The maximum atomic E-state index is 10.7. The summed E-state index contributed by atoms with van der Waals surface area (Å²) in [7, 11) is 0. The van der Waals surface area contributed by atoms with Crippen LogP contribution in [-0.4, -0.2) is 4.92 Å². The summed E-state index contributed by atoms with van der Waals surface area (Å²) in [5, 5.41) is 11.1. The van der Waals surface area contributed by atoms with Crippen molar-refractivity contribution in [2.45, 2.75) is 0 Å². The lowest BCUT2D eigenvalue weighted by atomic mass is 10.3. The molecule has 0 aliphatic heterocycles. The molecule has 0 aromatic heterocycles. The van der Waals surface area contributed by atoms with Gasteiger partial charge in [0.15, 0.2) is 0 Å². The highest BCUT2D eigenvalue weighted by Crippen LogP contribution is 2.35. The molecule has 0 atom stereocenters. The monoisotopic (exact) mass is 453 g/mol. The zero-order chi connectivity index (χ0) is 14.0. The molecule has 7 heteroatoms. The molecule has 2 rings (SSSR count). The number of hydrogen-bond acceptors (Lipinski definition) is 3. The molecule has 0 saturated carbocycles. The highest BCUT2D eigenvalue weighted by Gasteiger charge is 2.12. The van der Waals surface area contributed by atoms with Crippen LogP contribution in [0, 0.1) is 13.7 Å². The van der Waals surface area contributed by atoms with Crippen LogP contribution >= 0.6 is 50.1 Å². The predicted octanol–water partition coefficient (Wildman–Crippen LogP) is 5.41. The zero-order valence-electron chi connectivity index (χ0n) is 9.27. The van der Waals surface area contributed by atoms with Crippen molar-refractivity contribution in [3.63, 3.8) is 0 Å². The minimum atomic E-state index is -0.446. The SMILES string of the molecule is O=[N+]([O-])c1ccc(Oc2cc(Br)ccc2Cl)c(I)c1. The number of halogens is 3. The Balaban J connectivity index is 2.33. The minimum Gasteiger partial charge on any atom is -0.455 e. The van der Waals surface area contributed by atoms with Gasteiger partial charge in [-0.05, 0) is 46.9 Å². The first-order valence-electron chi connectivity index (χ1n) is 5.04. The Bertz CT molecular complexity index is 651. The molecule has 98 valence electrons. The third kappa shape index (κ3) is 3.58. The summed E-state index contributed by atoms with van der Waals surface area (Å²) >= 11 is 11.3.